The molecule has 0 spiro atoms. The van der Waals surface area contributed by atoms with Crippen molar-refractivity contribution in [1.82, 2.24) is 0 Å². The molecule has 0 bridgehead atoms. The molecule has 1 aromatic rings. The Morgan fingerprint density at radius 2 is 1.18 bits per heavy atom. The summed E-state index contributed by atoms with van der Waals surface area (Å²) in [5, 5.41) is 0. The highest BCUT2D eigenvalue weighted by atomic mass is 16.7. The molecular formula is C27H37BO11. The van der Waals surface area contributed by atoms with Gasteiger partial charge in [0, 0.05) is 34.1 Å². The molecule has 11 nitrogen and oxygen atoms in total. The van der Waals surface area contributed by atoms with E-state index in [1.54, 1.807) is 0 Å². The molecule has 214 valence electrons. The zero-order valence-corrected chi connectivity index (χ0v) is 23.7. The maximum atomic E-state index is 12.0. The topological polar surface area (TPSA) is 133 Å². The SMILES string of the molecule is CC(=O)OCC1OC(Cc2ccc(B3OC(C)(C)C(C)(C)O3)cc2)C(OC(C)=O)C(OC(C)=O)C1OC(C)=O. The largest absolute Gasteiger partial charge is 0.494 e. The molecule has 5 unspecified atom stereocenters. The molecule has 2 aliphatic rings. The van der Waals surface area contributed by atoms with Gasteiger partial charge in [-0.15, -0.1) is 0 Å². The van der Waals surface area contributed by atoms with Gasteiger partial charge in [-0.2, -0.15) is 0 Å². The van der Waals surface area contributed by atoms with Gasteiger partial charge in [0.25, 0.3) is 0 Å². The van der Waals surface area contributed by atoms with Crippen molar-refractivity contribution in [1.29, 1.82) is 0 Å². The third kappa shape index (κ3) is 7.58. The molecule has 2 heterocycles. The van der Waals surface area contributed by atoms with Crippen LogP contribution >= 0.6 is 0 Å². The highest BCUT2D eigenvalue weighted by Crippen LogP contribution is 2.36. The molecule has 3 rings (SSSR count). The summed E-state index contributed by atoms with van der Waals surface area (Å²) in [6, 6.07) is 7.49. The van der Waals surface area contributed by atoms with Crippen molar-refractivity contribution < 1.29 is 52.2 Å². The molecule has 2 aliphatic heterocycles. The van der Waals surface area contributed by atoms with Crippen LogP contribution in [0.4, 0.5) is 0 Å². The Balaban J connectivity index is 1.89. The second-order valence-electron chi connectivity index (χ2n) is 10.8. The molecule has 0 aromatic heterocycles. The van der Waals surface area contributed by atoms with Gasteiger partial charge in [-0.3, -0.25) is 19.2 Å². The van der Waals surface area contributed by atoms with E-state index >= 15 is 0 Å². The summed E-state index contributed by atoms with van der Waals surface area (Å²) < 4.78 is 40.0. The van der Waals surface area contributed by atoms with Gasteiger partial charge < -0.3 is 33.0 Å². The average molecular weight is 548 g/mol. The molecule has 39 heavy (non-hydrogen) atoms. The smallest absolute Gasteiger partial charge is 0.463 e. The monoisotopic (exact) mass is 548 g/mol. The number of hydrogen-bond donors (Lipinski definition) is 0. The van der Waals surface area contributed by atoms with Crippen LogP contribution < -0.4 is 5.46 Å². The lowest BCUT2D eigenvalue weighted by Crippen LogP contribution is -2.62. The molecule has 2 saturated heterocycles. The molecule has 5 atom stereocenters. The van der Waals surface area contributed by atoms with E-state index < -0.39 is 72.7 Å². The third-order valence-corrected chi connectivity index (χ3v) is 7.03. The van der Waals surface area contributed by atoms with Crippen LogP contribution in [0, 0.1) is 0 Å². The third-order valence-electron chi connectivity index (χ3n) is 7.03. The van der Waals surface area contributed by atoms with E-state index in [0.717, 1.165) is 11.0 Å². The predicted octanol–water partition coefficient (Wildman–Crippen LogP) is 1.65. The first-order chi connectivity index (χ1) is 18.1. The van der Waals surface area contributed by atoms with E-state index in [1.165, 1.54) is 27.7 Å². The number of carbonyl (C=O) groups excluding carboxylic acids is 4. The first kappa shape index (κ1) is 30.6. The molecule has 0 amide bonds. The van der Waals surface area contributed by atoms with Gasteiger partial charge in [-0.1, -0.05) is 24.3 Å². The van der Waals surface area contributed by atoms with E-state index in [2.05, 4.69) is 0 Å². The molecule has 1 aromatic carbocycles. The predicted molar refractivity (Wildman–Crippen MR) is 138 cm³/mol. The Bertz CT molecular complexity index is 1050. The first-order valence-electron chi connectivity index (χ1n) is 12.8. The first-order valence-corrected chi connectivity index (χ1v) is 12.8. The minimum atomic E-state index is -1.20. The fourth-order valence-corrected chi connectivity index (χ4v) is 4.50. The number of carbonyl (C=O) groups is 4. The summed E-state index contributed by atoms with van der Waals surface area (Å²) in [7, 11) is -0.533. The van der Waals surface area contributed by atoms with Crippen molar-refractivity contribution in [3.8, 4) is 0 Å². The number of ether oxygens (including phenoxy) is 5. The Hall–Kier alpha value is -2.96. The lowest BCUT2D eigenvalue weighted by molar-refractivity contribution is -0.252. The fourth-order valence-electron chi connectivity index (χ4n) is 4.50. The van der Waals surface area contributed by atoms with Crippen LogP contribution in [0.5, 0.6) is 0 Å². The molecule has 12 heteroatoms. The summed E-state index contributed by atoms with van der Waals surface area (Å²) in [6.45, 7) is 12.5. The van der Waals surface area contributed by atoms with E-state index in [0.29, 0.717) is 0 Å². The number of hydrogen-bond acceptors (Lipinski definition) is 11. The van der Waals surface area contributed by atoms with Crippen LogP contribution in [0.25, 0.3) is 0 Å². The van der Waals surface area contributed by atoms with Gasteiger partial charge in [0.05, 0.1) is 11.2 Å². The van der Waals surface area contributed by atoms with Crippen LogP contribution in [-0.4, -0.2) is 79.3 Å². The number of benzene rings is 1. The maximum absolute atomic E-state index is 12.0. The molecular weight excluding hydrogens is 511 g/mol. The van der Waals surface area contributed by atoms with Gasteiger partial charge in [0.2, 0.25) is 0 Å². The standard InChI is InChI=1S/C27H37BO11/c1-15(29)33-14-22-24(35-17(3)31)25(36-18(4)32)23(34-16(2)30)21(37-22)13-19-9-11-20(12-10-19)28-38-26(5,6)27(7,8)39-28/h9-12,21-25H,13-14H2,1-8H3. The summed E-state index contributed by atoms with van der Waals surface area (Å²) in [6.07, 6.45) is -5.05. The molecule has 0 N–H and O–H groups in total. The van der Waals surface area contributed by atoms with Gasteiger partial charge in [0.1, 0.15) is 18.8 Å². The van der Waals surface area contributed by atoms with E-state index in [1.807, 2.05) is 52.0 Å². The van der Waals surface area contributed by atoms with E-state index in [-0.39, 0.29) is 13.0 Å². The summed E-state index contributed by atoms with van der Waals surface area (Å²) in [5.41, 5.74) is 0.685. The zero-order chi connectivity index (χ0) is 29.1. The van der Waals surface area contributed by atoms with E-state index in [4.69, 9.17) is 33.0 Å². The van der Waals surface area contributed by atoms with Crippen LogP contribution in [0.3, 0.4) is 0 Å². The Labute approximate surface area is 228 Å². The minimum absolute atomic E-state index is 0.239. The van der Waals surface area contributed by atoms with Crippen molar-refractivity contribution in [3.05, 3.63) is 29.8 Å². The van der Waals surface area contributed by atoms with Gasteiger partial charge in [0.15, 0.2) is 18.3 Å². The van der Waals surface area contributed by atoms with Crippen LogP contribution in [0.2, 0.25) is 0 Å². The minimum Gasteiger partial charge on any atom is -0.463 e. The van der Waals surface area contributed by atoms with Crippen molar-refractivity contribution >= 4 is 36.5 Å². The van der Waals surface area contributed by atoms with E-state index in [9.17, 15) is 19.2 Å². The maximum Gasteiger partial charge on any atom is 0.494 e. The van der Waals surface area contributed by atoms with Crippen LogP contribution in [0.15, 0.2) is 24.3 Å². The summed E-state index contributed by atoms with van der Waals surface area (Å²) in [4.78, 5) is 47.5. The van der Waals surface area contributed by atoms with Crippen molar-refractivity contribution in [2.24, 2.45) is 0 Å². The Kier molecular flexibility index (Phi) is 9.45. The zero-order valence-electron chi connectivity index (χ0n) is 23.7. The Morgan fingerprint density at radius 3 is 1.64 bits per heavy atom. The molecule has 0 radical (unpaired) electrons. The summed E-state index contributed by atoms with van der Waals surface area (Å²) in [5.74, 6) is -2.55. The quantitative estimate of drug-likeness (QED) is 0.267. The van der Waals surface area contributed by atoms with Crippen molar-refractivity contribution in [3.63, 3.8) is 0 Å². The van der Waals surface area contributed by atoms with Gasteiger partial charge >= 0.3 is 31.0 Å². The number of rotatable bonds is 8. The van der Waals surface area contributed by atoms with Gasteiger partial charge in [-0.25, -0.2) is 0 Å². The number of esters is 4. The van der Waals surface area contributed by atoms with Crippen molar-refractivity contribution in [2.45, 2.75) is 104 Å². The lowest BCUT2D eigenvalue weighted by Gasteiger charge is -2.44. The highest BCUT2D eigenvalue weighted by Gasteiger charge is 2.53. The second-order valence-corrected chi connectivity index (χ2v) is 10.8. The molecule has 0 saturated carbocycles. The van der Waals surface area contributed by atoms with Crippen molar-refractivity contribution in [2.75, 3.05) is 6.61 Å². The van der Waals surface area contributed by atoms with Crippen LogP contribution in [0.1, 0.15) is 61.0 Å². The normalized spacial score (nSPS) is 27.4. The Morgan fingerprint density at radius 1 is 0.718 bits per heavy atom. The highest BCUT2D eigenvalue weighted by molar-refractivity contribution is 6.62. The summed E-state index contributed by atoms with van der Waals surface area (Å²) >= 11 is 0. The second kappa shape index (κ2) is 12.1. The fraction of sp³-hybridized carbons (Fsp3) is 0.630. The molecule has 0 aliphatic carbocycles. The van der Waals surface area contributed by atoms with Gasteiger partial charge in [-0.05, 0) is 38.7 Å². The molecule has 2 fully saturated rings. The lowest BCUT2D eigenvalue weighted by atomic mass is 9.78. The average Bonchev–Trinajstić information content (AvgIpc) is 3.02. The van der Waals surface area contributed by atoms with Crippen LogP contribution in [-0.2, 0) is 58.6 Å².